The van der Waals surface area contributed by atoms with Gasteiger partial charge < -0.3 is 27.0 Å². The van der Waals surface area contributed by atoms with Crippen LogP contribution in [0, 0.1) is 0 Å². The molecule has 324 valence electrons. The van der Waals surface area contributed by atoms with E-state index in [-0.39, 0.29) is 37.0 Å². The van der Waals surface area contributed by atoms with E-state index in [0.717, 1.165) is 3.51 Å². The maximum Gasteiger partial charge on any atom is 0.303 e. The Bertz CT molecular complexity index is 2420. The van der Waals surface area contributed by atoms with E-state index in [0.29, 0.717) is 67.2 Å². The number of carbonyl (C=O) groups is 1. The summed E-state index contributed by atoms with van der Waals surface area (Å²) in [6.07, 6.45) is 6.69. The van der Waals surface area contributed by atoms with Gasteiger partial charge in [-0.1, -0.05) is 25.5 Å². The van der Waals surface area contributed by atoms with Crippen molar-refractivity contribution in [1.82, 2.24) is 0 Å². The Morgan fingerprint density at radius 1 is 0.810 bits per heavy atom. The molecule has 0 aromatic heterocycles. The number of allylic oxidation sites excluding steroid dienone is 4. The van der Waals surface area contributed by atoms with Gasteiger partial charge in [-0.2, -0.15) is 16.8 Å². The van der Waals surface area contributed by atoms with Gasteiger partial charge in [0.15, 0.2) is 0 Å². The lowest BCUT2D eigenvalue weighted by atomic mass is 9.75. The predicted octanol–water partition coefficient (Wildman–Crippen LogP) is 4.48. The molecule has 58 heavy (non-hydrogen) atoms. The van der Waals surface area contributed by atoms with Crippen LogP contribution in [-0.2, 0) is 60.8 Å². The number of aliphatic carboxylic acids is 1. The molecule has 2 aromatic carbocycles. The Balaban J connectivity index is 1.91. The Kier molecular flexibility index (Phi) is 15.6. The summed E-state index contributed by atoms with van der Waals surface area (Å²) < 4.78 is 147. The summed E-state index contributed by atoms with van der Waals surface area (Å²) in [5.41, 5.74) is 0.488. The van der Waals surface area contributed by atoms with Crippen molar-refractivity contribution in [1.29, 1.82) is 0 Å². The molecule has 22 heteroatoms. The monoisotopic (exact) mass is 1000 g/mol. The molecule has 3 N–H and O–H groups in total. The lowest BCUT2D eigenvalue weighted by Gasteiger charge is -2.40. The Labute approximate surface area is 350 Å². The van der Waals surface area contributed by atoms with Crippen LogP contribution in [0.2, 0.25) is 0 Å². The van der Waals surface area contributed by atoms with Crippen molar-refractivity contribution in [3.63, 3.8) is 0 Å². The molecule has 0 aliphatic carbocycles. The highest BCUT2D eigenvalue weighted by molar-refractivity contribution is 14.2. The minimum atomic E-state index is -4.92. The van der Waals surface area contributed by atoms with E-state index in [1.54, 1.807) is 31.2 Å². The van der Waals surface area contributed by atoms with E-state index in [1.165, 1.54) is 37.4 Å². The third-order valence-electron chi connectivity index (χ3n) is 10.3. The highest BCUT2D eigenvalue weighted by atomic mass is 127. The van der Waals surface area contributed by atoms with Gasteiger partial charge >= 0.3 is 5.97 Å². The summed E-state index contributed by atoms with van der Waals surface area (Å²) in [5, 5.41) is 9.13. The smallest absolute Gasteiger partial charge is 0.303 e. The summed E-state index contributed by atoms with van der Waals surface area (Å²) in [7, 11) is -17.0. The summed E-state index contributed by atoms with van der Waals surface area (Å²) in [6.45, 7) is 4.58. The molecule has 0 spiro atoms. The first-order chi connectivity index (χ1) is 26.8. The van der Waals surface area contributed by atoms with E-state index < -0.39 is 94.7 Å². The first kappa shape index (κ1) is 47.9. The third-order valence-corrected chi connectivity index (χ3v) is 17.2. The predicted molar refractivity (Wildman–Crippen MR) is 224 cm³/mol. The highest BCUT2D eigenvalue weighted by Gasteiger charge is 2.44. The van der Waals surface area contributed by atoms with Crippen LogP contribution in [0.4, 0.5) is 11.4 Å². The number of hydrogen-bond donors (Lipinski definition) is 3. The maximum atomic E-state index is 12.3. The summed E-state index contributed by atoms with van der Waals surface area (Å²) in [4.78, 5) is 12.2. The number of unbranched alkanes of at least 4 members (excludes halogenated alkanes) is 2. The van der Waals surface area contributed by atoms with Crippen molar-refractivity contribution < 1.29 is 66.5 Å². The van der Waals surface area contributed by atoms with Crippen molar-refractivity contribution in [2.24, 2.45) is 0 Å². The molecule has 0 saturated heterocycles. The van der Waals surface area contributed by atoms with Gasteiger partial charge in [-0.25, -0.2) is 16.8 Å². The molecule has 0 bridgehead atoms. The molecular formula is C36H47IN2O15S4-2. The topological polar surface area (TPSA) is 276 Å². The average Bonchev–Trinajstić information content (AvgIpc) is 3.32. The molecular weight excluding hydrogens is 956 g/mol. The van der Waals surface area contributed by atoms with Crippen LogP contribution >= 0.6 is 21.0 Å². The zero-order chi connectivity index (χ0) is 43.3. The number of hydrogen-bond acceptors (Lipinski definition) is 14. The van der Waals surface area contributed by atoms with Gasteiger partial charge in [0, 0.05) is 78.2 Å². The fourth-order valence-corrected chi connectivity index (χ4v) is 12.6. The van der Waals surface area contributed by atoms with Gasteiger partial charge in [0.2, 0.25) is 0 Å². The second kappa shape index (κ2) is 18.8. The number of nitrogens with zero attached hydrogens (tertiary/aromatic N) is 2. The molecule has 0 radical (unpaired) electrons. The van der Waals surface area contributed by atoms with Gasteiger partial charge in [-0.05, 0) is 99.0 Å². The largest absolute Gasteiger partial charge is 0.748 e. The second-order valence-electron chi connectivity index (χ2n) is 14.5. The van der Waals surface area contributed by atoms with Crippen molar-refractivity contribution in [2.75, 3.05) is 46.3 Å². The number of fused-ring (bicyclic) bond motifs is 2. The van der Waals surface area contributed by atoms with Crippen LogP contribution in [0.25, 0.3) is 0 Å². The summed E-state index contributed by atoms with van der Waals surface area (Å²) in [6, 6.07) is 8.10. The number of anilines is 2. The molecule has 0 amide bonds. The maximum absolute atomic E-state index is 12.3. The molecule has 2 heterocycles. The first-order valence-electron chi connectivity index (χ1n) is 18.1. The Hall–Kier alpha value is -2.81. The van der Waals surface area contributed by atoms with Crippen LogP contribution in [0.3, 0.4) is 0 Å². The van der Waals surface area contributed by atoms with E-state index >= 15 is 0 Å². The number of rotatable bonds is 21. The zero-order valence-corrected chi connectivity index (χ0v) is 37.5. The molecule has 0 fully saturated rings. The number of carboxylic acids is 1. The van der Waals surface area contributed by atoms with Gasteiger partial charge in [-0.15, -0.1) is 0 Å². The van der Waals surface area contributed by atoms with Crippen molar-refractivity contribution in [3.05, 3.63) is 71.5 Å². The number of carboxylic acid groups (broad SMARTS) is 1. The number of methoxy groups -OCH3 is 1. The fourth-order valence-electron chi connectivity index (χ4n) is 7.36. The van der Waals surface area contributed by atoms with Crippen LogP contribution in [-0.4, -0.2) is 105 Å². The minimum absolute atomic E-state index is 0.0122. The fraction of sp³-hybridized carbons (Fsp3) is 0.500. The van der Waals surface area contributed by atoms with E-state index in [4.69, 9.17) is 9.84 Å². The molecule has 2 atom stereocenters. The van der Waals surface area contributed by atoms with Crippen LogP contribution in [0.15, 0.2) is 70.1 Å². The lowest BCUT2D eigenvalue weighted by Crippen LogP contribution is -2.38. The SMILES string of the molecule is COCCN1I=C(/C=C/C=C2/N(CCCCCC(=O)O)c3ccc(S(=O)(=O)[O-])cc3C2(C)CCCS(=O)(=O)[O-])C(C)(CCCS(=O)(=O)O)c2cc(S(=O)(=O)O)ccc21. The molecule has 2 aromatic rings. The molecule has 2 aliphatic heterocycles. The number of halogens is 1. The Morgan fingerprint density at radius 3 is 2.02 bits per heavy atom. The second-order valence-corrected chi connectivity index (χ2v) is 23.2. The molecule has 2 aliphatic rings. The van der Waals surface area contributed by atoms with Gasteiger partial charge in [0.1, 0.15) is 10.1 Å². The third kappa shape index (κ3) is 12.2. The number of ether oxygens (including phenoxy) is 1. The summed E-state index contributed by atoms with van der Waals surface area (Å²) in [5.74, 6) is -2.22. The van der Waals surface area contributed by atoms with Crippen LogP contribution in [0.5, 0.6) is 0 Å². The van der Waals surface area contributed by atoms with Gasteiger partial charge in [0.25, 0.3) is 20.2 Å². The van der Waals surface area contributed by atoms with Crippen molar-refractivity contribution in [2.45, 2.75) is 85.8 Å². The normalized spacial score (nSPS) is 20.9. The quantitative estimate of drug-likeness (QED) is 0.0673. The molecule has 0 saturated carbocycles. The van der Waals surface area contributed by atoms with E-state index in [9.17, 15) is 56.7 Å². The first-order valence-corrected chi connectivity index (χ1v) is 26.2. The van der Waals surface area contributed by atoms with Crippen molar-refractivity contribution in [3.8, 4) is 0 Å². The van der Waals surface area contributed by atoms with Crippen molar-refractivity contribution >= 4 is 82.3 Å². The minimum Gasteiger partial charge on any atom is -0.748 e. The Morgan fingerprint density at radius 2 is 1.41 bits per heavy atom. The van der Waals surface area contributed by atoms with Gasteiger partial charge in [0.05, 0.1) is 38.8 Å². The molecule has 2 unspecified atom stereocenters. The van der Waals surface area contributed by atoms with Crippen LogP contribution < -0.4 is 8.01 Å². The lowest BCUT2D eigenvalue weighted by molar-refractivity contribution is -0.137. The van der Waals surface area contributed by atoms with Gasteiger partial charge in [-0.3, -0.25) is 13.9 Å². The van der Waals surface area contributed by atoms with E-state index in [2.05, 4.69) is 0 Å². The zero-order valence-electron chi connectivity index (χ0n) is 32.0. The highest BCUT2D eigenvalue weighted by Crippen LogP contribution is 2.52. The molecule has 17 nitrogen and oxygen atoms in total. The van der Waals surface area contributed by atoms with E-state index in [1.807, 2.05) is 14.9 Å². The standard InChI is InChI=1S/C36H49IN2O15S4/c1-35(17-8-22-55(42,43)44)29-25-27(58(51,52)53)14-16-31(29)39(20-21-54-3)37-32(35)10-7-11-33-36(2,18-9-23-56(45,46)47)28-24-26(57(48,49)50)13-15-30(28)38(33)19-6-4-5-12-34(40)41/h7,10-11,13-16,24-25H,4-6,8-9,12,17-23H2,1-3H3,(H,40,41)(H,42,43,44)(H,45,46,47)(H,48,49,50)(H,51,52,53)/p-2/b10-7+,33-11+. The number of benzene rings is 2. The average molecular weight is 1000 g/mol. The summed E-state index contributed by atoms with van der Waals surface area (Å²) >= 11 is -1.10. The molecule has 4 rings (SSSR count). The van der Waals surface area contributed by atoms with Crippen LogP contribution in [0.1, 0.15) is 76.3 Å².